The van der Waals surface area contributed by atoms with E-state index in [2.05, 4.69) is 15.9 Å². The molecule has 3 nitrogen and oxygen atoms in total. The first-order valence-electron chi connectivity index (χ1n) is 6.20. The van der Waals surface area contributed by atoms with Gasteiger partial charge in [-0.05, 0) is 47.1 Å². The first kappa shape index (κ1) is 16.6. The Hall–Kier alpha value is -0.750. The Morgan fingerprint density at radius 3 is 2.62 bits per heavy atom. The molecular weight excluding hydrogens is 395 g/mol. The van der Waals surface area contributed by atoms with Gasteiger partial charge in [0.1, 0.15) is 0 Å². The molecule has 0 aliphatic heterocycles. The zero-order valence-electron chi connectivity index (χ0n) is 11.2. The highest BCUT2D eigenvalue weighted by Crippen LogP contribution is 2.30. The fraction of sp³-hybridized carbons (Fsp3) is 0.214. The first-order chi connectivity index (χ1) is 9.92. The number of carbonyl (C=O) groups is 1. The lowest BCUT2D eigenvalue weighted by Crippen LogP contribution is -2.30. The quantitative estimate of drug-likeness (QED) is 0.719. The molecule has 21 heavy (non-hydrogen) atoms. The molecule has 0 saturated carbocycles. The van der Waals surface area contributed by atoms with Crippen LogP contribution in [0, 0.1) is 0 Å². The number of nitrogens with two attached hydrogens (primary N) is 1. The highest BCUT2D eigenvalue weighted by Gasteiger charge is 2.18. The van der Waals surface area contributed by atoms with Crippen LogP contribution in [-0.2, 0) is 6.54 Å². The number of anilines is 1. The minimum atomic E-state index is -0.118. The van der Waals surface area contributed by atoms with Gasteiger partial charge >= 0.3 is 0 Å². The molecule has 0 unspecified atom stereocenters. The number of thiophene rings is 1. The van der Waals surface area contributed by atoms with Crippen molar-refractivity contribution in [1.82, 2.24) is 4.90 Å². The van der Waals surface area contributed by atoms with E-state index in [4.69, 9.17) is 28.9 Å². The molecule has 2 N–H and O–H groups in total. The summed E-state index contributed by atoms with van der Waals surface area (Å²) in [6.07, 6.45) is 0. The van der Waals surface area contributed by atoms with Crippen molar-refractivity contribution in [2.45, 2.75) is 13.5 Å². The lowest BCUT2D eigenvalue weighted by Gasteiger charge is -2.20. The van der Waals surface area contributed by atoms with Gasteiger partial charge in [0.15, 0.2) is 0 Å². The lowest BCUT2D eigenvalue weighted by atomic mass is 10.1. The molecule has 2 rings (SSSR count). The zero-order valence-corrected chi connectivity index (χ0v) is 15.1. The van der Waals surface area contributed by atoms with Gasteiger partial charge in [-0.2, -0.15) is 0 Å². The van der Waals surface area contributed by atoms with Crippen molar-refractivity contribution in [3.63, 3.8) is 0 Å². The second-order valence-corrected chi connectivity index (χ2v) is 7.72. The van der Waals surface area contributed by atoms with Gasteiger partial charge < -0.3 is 10.6 Å². The second-order valence-electron chi connectivity index (χ2n) is 4.39. The van der Waals surface area contributed by atoms with Crippen molar-refractivity contribution >= 4 is 62.1 Å². The summed E-state index contributed by atoms with van der Waals surface area (Å²) in [7, 11) is 0. The van der Waals surface area contributed by atoms with Gasteiger partial charge in [0.25, 0.3) is 5.91 Å². The minimum absolute atomic E-state index is 0.118. The molecule has 0 aliphatic carbocycles. The van der Waals surface area contributed by atoms with E-state index in [9.17, 15) is 4.79 Å². The third-order valence-electron chi connectivity index (χ3n) is 2.95. The predicted octanol–water partition coefficient (Wildman–Crippen LogP) is 5.06. The summed E-state index contributed by atoms with van der Waals surface area (Å²) in [5, 5.41) is 0.563. The van der Waals surface area contributed by atoms with E-state index in [-0.39, 0.29) is 16.0 Å². The molecule has 0 spiro atoms. The molecule has 0 aliphatic rings. The number of halogens is 3. The lowest BCUT2D eigenvalue weighted by molar-refractivity contribution is 0.0754. The summed E-state index contributed by atoms with van der Waals surface area (Å²) in [4.78, 5) is 15.4. The maximum Gasteiger partial charge on any atom is 0.254 e. The third kappa shape index (κ3) is 3.92. The van der Waals surface area contributed by atoms with E-state index in [0.29, 0.717) is 24.3 Å². The van der Waals surface area contributed by atoms with Crippen LogP contribution >= 0.6 is 50.5 Å². The SMILES string of the molecule is CCN(Cc1ccc(Br)s1)C(=O)c1cc(N)c(Cl)c(Cl)c1. The van der Waals surface area contributed by atoms with Gasteiger partial charge in [0.05, 0.1) is 26.1 Å². The Kier molecular flexibility index (Phi) is 5.54. The van der Waals surface area contributed by atoms with Gasteiger partial charge in [-0.15, -0.1) is 11.3 Å². The number of hydrogen-bond acceptors (Lipinski definition) is 3. The van der Waals surface area contributed by atoms with Crippen molar-refractivity contribution in [3.8, 4) is 0 Å². The zero-order chi connectivity index (χ0) is 15.6. The fourth-order valence-corrected chi connectivity index (χ4v) is 3.70. The molecule has 2 aromatic rings. The number of nitrogens with zero attached hydrogens (tertiary/aromatic N) is 1. The van der Waals surface area contributed by atoms with Crippen LogP contribution in [0.1, 0.15) is 22.2 Å². The maximum absolute atomic E-state index is 12.6. The van der Waals surface area contributed by atoms with Gasteiger partial charge in [0, 0.05) is 17.0 Å². The highest BCUT2D eigenvalue weighted by atomic mass is 79.9. The van der Waals surface area contributed by atoms with Crippen LogP contribution in [0.2, 0.25) is 10.0 Å². The monoisotopic (exact) mass is 406 g/mol. The molecule has 0 atom stereocenters. The fourth-order valence-electron chi connectivity index (χ4n) is 1.87. The van der Waals surface area contributed by atoms with Crippen LogP contribution in [0.3, 0.4) is 0 Å². The molecular formula is C14H13BrCl2N2OS. The van der Waals surface area contributed by atoms with Crippen molar-refractivity contribution < 1.29 is 4.79 Å². The second kappa shape index (κ2) is 7.01. The van der Waals surface area contributed by atoms with Crippen LogP contribution in [0.15, 0.2) is 28.1 Å². The van der Waals surface area contributed by atoms with E-state index >= 15 is 0 Å². The first-order valence-corrected chi connectivity index (χ1v) is 8.57. The van der Waals surface area contributed by atoms with E-state index in [1.54, 1.807) is 28.4 Å². The summed E-state index contributed by atoms with van der Waals surface area (Å²) in [6.45, 7) is 3.07. The number of carbonyl (C=O) groups excluding carboxylic acids is 1. The Bertz CT molecular complexity index is 652. The maximum atomic E-state index is 12.6. The number of benzene rings is 1. The highest BCUT2D eigenvalue weighted by molar-refractivity contribution is 9.11. The molecule has 112 valence electrons. The summed E-state index contributed by atoms with van der Waals surface area (Å²) < 4.78 is 1.04. The van der Waals surface area contributed by atoms with Crippen molar-refractivity contribution in [3.05, 3.63) is 48.5 Å². The average molecular weight is 408 g/mol. The van der Waals surface area contributed by atoms with E-state index in [1.165, 1.54) is 0 Å². The smallest absolute Gasteiger partial charge is 0.254 e. The minimum Gasteiger partial charge on any atom is -0.397 e. The topological polar surface area (TPSA) is 46.3 Å². The predicted molar refractivity (Wildman–Crippen MR) is 93.3 cm³/mol. The summed E-state index contributed by atoms with van der Waals surface area (Å²) in [5.41, 5.74) is 6.52. The van der Waals surface area contributed by atoms with Crippen LogP contribution in [0.4, 0.5) is 5.69 Å². The molecule has 1 amide bonds. The van der Waals surface area contributed by atoms with Crippen LogP contribution in [0.25, 0.3) is 0 Å². The largest absolute Gasteiger partial charge is 0.397 e. The number of nitrogen functional groups attached to an aromatic ring is 1. The van der Waals surface area contributed by atoms with E-state index in [1.807, 2.05) is 19.1 Å². The van der Waals surface area contributed by atoms with Gasteiger partial charge in [0.2, 0.25) is 0 Å². The summed E-state index contributed by atoms with van der Waals surface area (Å²) >= 11 is 16.9. The molecule has 0 radical (unpaired) electrons. The standard InChI is InChI=1S/C14H13BrCl2N2OS/c1-2-19(7-9-3-4-12(15)21-9)14(20)8-5-10(16)13(17)11(18)6-8/h3-6H,2,7,18H2,1H3. The molecule has 1 heterocycles. The normalized spacial score (nSPS) is 10.7. The molecule has 1 aromatic carbocycles. The summed E-state index contributed by atoms with van der Waals surface area (Å²) in [5.74, 6) is -0.118. The van der Waals surface area contributed by atoms with Gasteiger partial charge in [-0.3, -0.25) is 4.79 Å². The molecule has 0 saturated heterocycles. The Balaban J connectivity index is 2.24. The average Bonchev–Trinajstić information content (AvgIpc) is 2.86. The van der Waals surface area contributed by atoms with Crippen molar-refractivity contribution in [2.75, 3.05) is 12.3 Å². The van der Waals surface area contributed by atoms with Gasteiger partial charge in [-0.25, -0.2) is 0 Å². The Morgan fingerprint density at radius 1 is 1.38 bits per heavy atom. The number of hydrogen-bond donors (Lipinski definition) is 1. The van der Waals surface area contributed by atoms with Crippen molar-refractivity contribution in [2.24, 2.45) is 0 Å². The van der Waals surface area contributed by atoms with Crippen LogP contribution < -0.4 is 5.73 Å². The Morgan fingerprint density at radius 2 is 2.10 bits per heavy atom. The van der Waals surface area contributed by atoms with E-state index < -0.39 is 0 Å². The Labute approximate surface area is 145 Å². The number of amides is 1. The number of rotatable bonds is 4. The van der Waals surface area contributed by atoms with E-state index in [0.717, 1.165) is 8.66 Å². The van der Waals surface area contributed by atoms with Crippen LogP contribution in [-0.4, -0.2) is 17.4 Å². The molecule has 0 bridgehead atoms. The summed E-state index contributed by atoms with van der Waals surface area (Å²) in [6, 6.07) is 7.07. The molecule has 7 heteroatoms. The third-order valence-corrected chi connectivity index (χ3v) is 5.37. The van der Waals surface area contributed by atoms with Crippen LogP contribution in [0.5, 0.6) is 0 Å². The van der Waals surface area contributed by atoms with Gasteiger partial charge in [-0.1, -0.05) is 23.2 Å². The van der Waals surface area contributed by atoms with Crippen molar-refractivity contribution in [1.29, 1.82) is 0 Å². The molecule has 1 aromatic heterocycles. The molecule has 0 fully saturated rings.